The molecule has 0 saturated heterocycles. The molecule has 1 unspecified atom stereocenters. The lowest BCUT2D eigenvalue weighted by atomic mass is 10.2. The highest BCUT2D eigenvalue weighted by molar-refractivity contribution is 7.98. The molecule has 1 aromatic heterocycles. The molecule has 0 aliphatic carbocycles. The van der Waals surface area contributed by atoms with Gasteiger partial charge in [0.05, 0.1) is 0 Å². The molecule has 0 amide bonds. The predicted octanol–water partition coefficient (Wildman–Crippen LogP) is 3.02. The van der Waals surface area contributed by atoms with E-state index in [2.05, 4.69) is 47.3 Å². The first kappa shape index (κ1) is 18.0. The molecule has 1 aromatic rings. The van der Waals surface area contributed by atoms with E-state index in [-0.39, 0.29) is 0 Å². The number of hydrogen-bond acceptors (Lipinski definition) is 6. The third kappa shape index (κ3) is 6.09. The summed E-state index contributed by atoms with van der Waals surface area (Å²) < 4.78 is 5.44. The zero-order valence-electron chi connectivity index (χ0n) is 13.8. The molecule has 0 radical (unpaired) electrons. The van der Waals surface area contributed by atoms with Gasteiger partial charge in [-0.2, -0.15) is 11.8 Å². The second-order valence-electron chi connectivity index (χ2n) is 4.94. The van der Waals surface area contributed by atoms with Crippen LogP contribution in [0.5, 0.6) is 0 Å². The van der Waals surface area contributed by atoms with Gasteiger partial charge in [-0.3, -0.25) is 0 Å². The molecule has 0 aliphatic rings. The first-order valence-corrected chi connectivity index (χ1v) is 8.93. The van der Waals surface area contributed by atoms with Crippen LogP contribution in [-0.4, -0.2) is 48.2 Å². The number of nitrogens with zero attached hydrogens (tertiary/aromatic N) is 3. The minimum Gasteiger partial charge on any atom is -0.374 e. The number of nitrogens with one attached hydrogen (secondary N) is 1. The smallest absolute Gasteiger partial charge is 0.158 e. The van der Waals surface area contributed by atoms with Crippen molar-refractivity contribution in [3.05, 3.63) is 11.9 Å². The monoisotopic (exact) mass is 312 g/mol. The lowest BCUT2D eigenvalue weighted by Gasteiger charge is -2.26. The van der Waals surface area contributed by atoms with Crippen LogP contribution in [0, 0.1) is 0 Å². The maximum absolute atomic E-state index is 5.44. The second-order valence-corrected chi connectivity index (χ2v) is 5.92. The highest BCUT2D eigenvalue weighted by Crippen LogP contribution is 2.19. The third-order valence-corrected chi connectivity index (χ3v) is 3.96. The van der Waals surface area contributed by atoms with Gasteiger partial charge in [-0.15, -0.1) is 0 Å². The number of rotatable bonds is 10. The highest BCUT2D eigenvalue weighted by atomic mass is 32.2. The Morgan fingerprint density at radius 1 is 1.38 bits per heavy atom. The second kappa shape index (κ2) is 9.84. The molecule has 1 atom stereocenters. The number of ether oxygens (including phenoxy) is 1. The normalized spacial score (nSPS) is 12.2. The van der Waals surface area contributed by atoms with Crippen molar-refractivity contribution >= 4 is 23.4 Å². The summed E-state index contributed by atoms with van der Waals surface area (Å²) in [6.07, 6.45) is 3.28. The van der Waals surface area contributed by atoms with E-state index in [1.54, 1.807) is 0 Å². The zero-order chi connectivity index (χ0) is 15.7. The first-order chi connectivity index (χ1) is 10.1. The van der Waals surface area contributed by atoms with Gasteiger partial charge in [-0.1, -0.05) is 0 Å². The Bertz CT molecular complexity index is 417. The average molecular weight is 312 g/mol. The number of hydrogen-bond donors (Lipinski definition) is 1. The van der Waals surface area contributed by atoms with E-state index in [1.165, 1.54) is 0 Å². The summed E-state index contributed by atoms with van der Waals surface area (Å²) in [5, 5.41) is 3.26. The summed E-state index contributed by atoms with van der Waals surface area (Å²) >= 11 is 1.88. The van der Waals surface area contributed by atoms with E-state index in [0.717, 1.165) is 36.2 Å². The quantitative estimate of drug-likeness (QED) is 0.717. The van der Waals surface area contributed by atoms with Crippen LogP contribution in [0.1, 0.15) is 33.0 Å². The molecular formula is C15H28N4OS. The van der Waals surface area contributed by atoms with Crippen LogP contribution >= 0.6 is 11.8 Å². The van der Waals surface area contributed by atoms with Gasteiger partial charge in [0.2, 0.25) is 0 Å². The van der Waals surface area contributed by atoms with Crippen molar-refractivity contribution in [1.29, 1.82) is 0 Å². The Balaban J connectivity index is 2.89. The van der Waals surface area contributed by atoms with E-state index >= 15 is 0 Å². The first-order valence-electron chi connectivity index (χ1n) is 7.53. The van der Waals surface area contributed by atoms with Gasteiger partial charge < -0.3 is 15.0 Å². The summed E-state index contributed by atoms with van der Waals surface area (Å²) in [5.74, 6) is 3.70. The molecule has 0 fully saturated rings. The SMILES string of the molecule is CCNc1cc(N(C)C(C)CCSC)nc(COCC)n1. The Hall–Kier alpha value is -1.01. The van der Waals surface area contributed by atoms with Crippen molar-refractivity contribution < 1.29 is 4.74 Å². The minimum atomic E-state index is 0.446. The molecule has 1 heterocycles. The fourth-order valence-electron chi connectivity index (χ4n) is 1.90. The fourth-order valence-corrected chi connectivity index (χ4v) is 2.48. The minimum absolute atomic E-state index is 0.446. The summed E-state index contributed by atoms with van der Waals surface area (Å²) in [5.41, 5.74) is 0. The lowest BCUT2D eigenvalue weighted by Crippen LogP contribution is -2.30. The van der Waals surface area contributed by atoms with Crippen LogP contribution in [0.25, 0.3) is 0 Å². The van der Waals surface area contributed by atoms with Gasteiger partial charge in [0.25, 0.3) is 0 Å². The Morgan fingerprint density at radius 2 is 2.14 bits per heavy atom. The van der Waals surface area contributed by atoms with Gasteiger partial charge in [0.1, 0.15) is 18.2 Å². The number of anilines is 2. The van der Waals surface area contributed by atoms with Crippen LogP contribution in [0.15, 0.2) is 6.07 Å². The molecular weight excluding hydrogens is 284 g/mol. The van der Waals surface area contributed by atoms with Crippen molar-refractivity contribution in [2.75, 3.05) is 42.4 Å². The van der Waals surface area contributed by atoms with Gasteiger partial charge in [0, 0.05) is 32.3 Å². The third-order valence-electron chi connectivity index (χ3n) is 3.31. The molecule has 0 aliphatic heterocycles. The van der Waals surface area contributed by atoms with Crippen molar-refractivity contribution in [3.63, 3.8) is 0 Å². The topological polar surface area (TPSA) is 50.3 Å². The van der Waals surface area contributed by atoms with Crippen LogP contribution in [-0.2, 0) is 11.3 Å². The largest absolute Gasteiger partial charge is 0.374 e. The maximum atomic E-state index is 5.44. The van der Waals surface area contributed by atoms with Crippen molar-refractivity contribution in [2.24, 2.45) is 0 Å². The summed E-state index contributed by atoms with van der Waals surface area (Å²) in [7, 11) is 2.09. The Kier molecular flexibility index (Phi) is 8.45. The van der Waals surface area contributed by atoms with Crippen molar-refractivity contribution in [1.82, 2.24) is 9.97 Å². The van der Waals surface area contributed by atoms with E-state index in [4.69, 9.17) is 4.74 Å². The van der Waals surface area contributed by atoms with E-state index in [1.807, 2.05) is 24.8 Å². The molecule has 1 N–H and O–H groups in total. The Labute approximate surface area is 132 Å². The summed E-state index contributed by atoms with van der Waals surface area (Å²) in [6.45, 7) is 8.24. The van der Waals surface area contributed by atoms with E-state index < -0.39 is 0 Å². The maximum Gasteiger partial charge on any atom is 0.158 e. The molecule has 5 nitrogen and oxygen atoms in total. The van der Waals surface area contributed by atoms with Crippen LogP contribution < -0.4 is 10.2 Å². The van der Waals surface area contributed by atoms with E-state index in [0.29, 0.717) is 19.3 Å². The zero-order valence-corrected chi connectivity index (χ0v) is 14.7. The molecule has 0 saturated carbocycles. The Morgan fingerprint density at radius 3 is 2.76 bits per heavy atom. The summed E-state index contributed by atoms with van der Waals surface area (Å²) in [6, 6.07) is 2.45. The molecule has 0 spiro atoms. The van der Waals surface area contributed by atoms with Gasteiger partial charge in [-0.25, -0.2) is 9.97 Å². The number of aromatic nitrogens is 2. The van der Waals surface area contributed by atoms with Crippen LogP contribution in [0.3, 0.4) is 0 Å². The molecule has 120 valence electrons. The molecule has 0 bridgehead atoms. The van der Waals surface area contributed by atoms with Crippen LogP contribution in [0.4, 0.5) is 11.6 Å². The standard InChI is InChI=1S/C15H28N4OS/c1-6-16-13-10-15(18-14(17-13)11-20-7-2)19(4)12(3)8-9-21-5/h10,12H,6-9,11H2,1-5H3,(H,16,17,18). The highest BCUT2D eigenvalue weighted by Gasteiger charge is 2.13. The van der Waals surface area contributed by atoms with Gasteiger partial charge >= 0.3 is 0 Å². The number of thioether (sulfide) groups is 1. The van der Waals surface area contributed by atoms with Crippen molar-refractivity contribution in [2.45, 2.75) is 39.8 Å². The van der Waals surface area contributed by atoms with Gasteiger partial charge in [-0.05, 0) is 39.2 Å². The molecule has 6 heteroatoms. The predicted molar refractivity (Wildman–Crippen MR) is 92.4 cm³/mol. The average Bonchev–Trinajstić information content (AvgIpc) is 2.49. The van der Waals surface area contributed by atoms with Crippen molar-refractivity contribution in [3.8, 4) is 0 Å². The van der Waals surface area contributed by atoms with E-state index in [9.17, 15) is 0 Å². The summed E-state index contributed by atoms with van der Waals surface area (Å²) in [4.78, 5) is 11.3. The molecule has 1 rings (SSSR count). The lowest BCUT2D eigenvalue weighted by molar-refractivity contribution is 0.128. The van der Waals surface area contributed by atoms with Crippen LogP contribution in [0.2, 0.25) is 0 Å². The molecule has 21 heavy (non-hydrogen) atoms. The molecule has 0 aromatic carbocycles. The fraction of sp³-hybridized carbons (Fsp3) is 0.733. The van der Waals surface area contributed by atoms with Gasteiger partial charge in [0.15, 0.2) is 5.82 Å².